The molecular formula is C13H18O3. The fourth-order valence-electron chi connectivity index (χ4n) is 1.50. The van der Waals surface area contributed by atoms with Gasteiger partial charge in [-0.05, 0) is 17.9 Å². The molecule has 0 saturated heterocycles. The topological polar surface area (TPSA) is 46.5 Å². The molecule has 0 saturated carbocycles. The van der Waals surface area contributed by atoms with Crippen molar-refractivity contribution >= 4 is 5.97 Å². The average molecular weight is 222 g/mol. The lowest BCUT2D eigenvalue weighted by Crippen LogP contribution is -2.30. The van der Waals surface area contributed by atoms with E-state index in [1.165, 1.54) is 0 Å². The van der Waals surface area contributed by atoms with Crippen LogP contribution < -0.4 is 0 Å². The van der Waals surface area contributed by atoms with E-state index in [-0.39, 0.29) is 5.92 Å². The highest BCUT2D eigenvalue weighted by Gasteiger charge is 2.21. The molecule has 1 atom stereocenters. The zero-order valence-corrected chi connectivity index (χ0v) is 9.72. The minimum Gasteiger partial charge on any atom is -0.479 e. The van der Waals surface area contributed by atoms with Crippen molar-refractivity contribution in [2.45, 2.75) is 26.4 Å². The van der Waals surface area contributed by atoms with Crippen molar-refractivity contribution in [1.29, 1.82) is 0 Å². The summed E-state index contributed by atoms with van der Waals surface area (Å²) in [6.07, 6.45) is 0.0425. The Balaban J connectivity index is 2.37. The summed E-state index contributed by atoms with van der Waals surface area (Å²) in [5.74, 6) is -0.892. The Bertz CT molecular complexity index is 319. The van der Waals surface area contributed by atoms with Gasteiger partial charge < -0.3 is 9.84 Å². The van der Waals surface area contributed by atoms with Crippen LogP contribution in [0.2, 0.25) is 0 Å². The Hall–Kier alpha value is -1.35. The zero-order valence-electron chi connectivity index (χ0n) is 9.72. The predicted molar refractivity (Wildman–Crippen MR) is 62.4 cm³/mol. The van der Waals surface area contributed by atoms with Crippen LogP contribution in [0.25, 0.3) is 0 Å². The molecule has 3 heteroatoms. The maximum atomic E-state index is 10.9. The number of aliphatic carboxylic acids is 1. The molecule has 16 heavy (non-hydrogen) atoms. The van der Waals surface area contributed by atoms with Gasteiger partial charge in [-0.1, -0.05) is 44.2 Å². The molecule has 0 fully saturated rings. The van der Waals surface area contributed by atoms with E-state index in [2.05, 4.69) is 0 Å². The van der Waals surface area contributed by atoms with Crippen LogP contribution in [-0.2, 0) is 16.0 Å². The summed E-state index contributed by atoms with van der Waals surface area (Å²) >= 11 is 0. The number of carboxylic acids is 1. The van der Waals surface area contributed by atoms with Crippen molar-refractivity contribution in [3.63, 3.8) is 0 Å². The SMILES string of the molecule is CC(C)C(OCCc1ccccc1)C(=O)O. The molecule has 1 unspecified atom stereocenters. The Morgan fingerprint density at radius 1 is 1.31 bits per heavy atom. The third-order valence-electron chi connectivity index (χ3n) is 2.38. The highest BCUT2D eigenvalue weighted by Crippen LogP contribution is 2.08. The maximum absolute atomic E-state index is 10.9. The van der Waals surface area contributed by atoms with Crippen LogP contribution in [0.15, 0.2) is 30.3 Å². The van der Waals surface area contributed by atoms with Gasteiger partial charge in [-0.15, -0.1) is 0 Å². The van der Waals surface area contributed by atoms with Crippen LogP contribution >= 0.6 is 0 Å². The number of carbonyl (C=O) groups is 1. The zero-order chi connectivity index (χ0) is 12.0. The van der Waals surface area contributed by atoms with Gasteiger partial charge in [0.25, 0.3) is 0 Å². The van der Waals surface area contributed by atoms with E-state index in [1.54, 1.807) is 0 Å². The Morgan fingerprint density at radius 2 is 1.94 bits per heavy atom. The van der Waals surface area contributed by atoms with Crippen LogP contribution in [0.4, 0.5) is 0 Å². The van der Waals surface area contributed by atoms with Crippen LogP contribution in [-0.4, -0.2) is 23.8 Å². The monoisotopic (exact) mass is 222 g/mol. The number of hydrogen-bond donors (Lipinski definition) is 1. The number of hydrogen-bond acceptors (Lipinski definition) is 2. The van der Waals surface area contributed by atoms with Gasteiger partial charge in [-0.25, -0.2) is 4.79 Å². The van der Waals surface area contributed by atoms with Gasteiger partial charge in [0.2, 0.25) is 0 Å². The summed E-state index contributed by atoms with van der Waals surface area (Å²) in [5.41, 5.74) is 1.16. The number of ether oxygens (including phenoxy) is 1. The van der Waals surface area contributed by atoms with Crippen molar-refractivity contribution in [2.75, 3.05) is 6.61 Å². The van der Waals surface area contributed by atoms with Gasteiger partial charge in [0.1, 0.15) is 0 Å². The normalized spacial score (nSPS) is 12.7. The third-order valence-corrected chi connectivity index (χ3v) is 2.38. The highest BCUT2D eigenvalue weighted by atomic mass is 16.5. The predicted octanol–water partition coefficient (Wildman–Crippen LogP) is 2.35. The number of carboxylic acid groups (broad SMARTS) is 1. The van der Waals surface area contributed by atoms with Gasteiger partial charge >= 0.3 is 5.97 Å². The van der Waals surface area contributed by atoms with Gasteiger partial charge in [0.05, 0.1) is 6.61 Å². The Kier molecular flexibility index (Phi) is 4.99. The molecule has 1 aromatic rings. The minimum absolute atomic E-state index is 0.00623. The second-order valence-corrected chi connectivity index (χ2v) is 4.11. The summed E-state index contributed by atoms with van der Waals surface area (Å²) in [7, 11) is 0. The average Bonchev–Trinajstić information content (AvgIpc) is 2.24. The Morgan fingerprint density at radius 3 is 2.44 bits per heavy atom. The molecule has 0 aliphatic heterocycles. The first kappa shape index (κ1) is 12.7. The summed E-state index contributed by atoms with van der Waals surface area (Å²) in [4.78, 5) is 10.9. The molecule has 0 bridgehead atoms. The maximum Gasteiger partial charge on any atom is 0.333 e. The van der Waals surface area contributed by atoms with Crippen molar-refractivity contribution in [1.82, 2.24) is 0 Å². The first-order valence-corrected chi connectivity index (χ1v) is 5.49. The van der Waals surface area contributed by atoms with Crippen LogP contribution in [0.1, 0.15) is 19.4 Å². The molecule has 3 nitrogen and oxygen atoms in total. The van der Waals surface area contributed by atoms with Gasteiger partial charge in [-0.3, -0.25) is 0 Å². The molecule has 0 radical (unpaired) electrons. The largest absolute Gasteiger partial charge is 0.479 e. The fraction of sp³-hybridized carbons (Fsp3) is 0.462. The highest BCUT2D eigenvalue weighted by molar-refractivity contribution is 5.72. The van der Waals surface area contributed by atoms with E-state index in [4.69, 9.17) is 9.84 Å². The molecule has 0 amide bonds. The van der Waals surface area contributed by atoms with Gasteiger partial charge in [0.15, 0.2) is 6.10 Å². The molecule has 0 aliphatic carbocycles. The molecule has 0 aliphatic rings. The fourth-order valence-corrected chi connectivity index (χ4v) is 1.50. The van der Waals surface area contributed by atoms with E-state index >= 15 is 0 Å². The molecule has 0 heterocycles. The van der Waals surface area contributed by atoms with Crippen molar-refractivity contribution in [3.05, 3.63) is 35.9 Å². The van der Waals surface area contributed by atoms with E-state index in [9.17, 15) is 4.79 Å². The lowest BCUT2D eigenvalue weighted by atomic mass is 10.1. The van der Waals surface area contributed by atoms with Crippen molar-refractivity contribution in [3.8, 4) is 0 Å². The summed E-state index contributed by atoms with van der Waals surface area (Å²) in [6.45, 7) is 4.14. The number of rotatable bonds is 6. The smallest absolute Gasteiger partial charge is 0.333 e. The van der Waals surface area contributed by atoms with Crippen molar-refractivity contribution < 1.29 is 14.6 Å². The standard InChI is InChI=1S/C13H18O3/c1-10(2)12(13(14)15)16-9-8-11-6-4-3-5-7-11/h3-7,10,12H,8-9H2,1-2H3,(H,14,15). The second kappa shape index (κ2) is 6.28. The number of benzene rings is 1. The molecule has 88 valence electrons. The molecular weight excluding hydrogens is 204 g/mol. The lowest BCUT2D eigenvalue weighted by molar-refractivity contribution is -0.153. The minimum atomic E-state index is -0.886. The first-order chi connectivity index (χ1) is 7.61. The van der Waals surface area contributed by atoms with E-state index in [0.717, 1.165) is 12.0 Å². The molecule has 1 aromatic carbocycles. The van der Waals surface area contributed by atoms with Crippen LogP contribution in [0, 0.1) is 5.92 Å². The van der Waals surface area contributed by atoms with Gasteiger partial charge in [0, 0.05) is 0 Å². The summed E-state index contributed by atoms with van der Waals surface area (Å²) in [5, 5.41) is 8.92. The van der Waals surface area contributed by atoms with E-state index in [0.29, 0.717) is 6.61 Å². The first-order valence-electron chi connectivity index (χ1n) is 5.49. The van der Waals surface area contributed by atoms with E-state index < -0.39 is 12.1 Å². The quantitative estimate of drug-likeness (QED) is 0.803. The summed E-state index contributed by atoms with van der Waals surface area (Å²) in [6, 6.07) is 9.90. The molecule has 0 aromatic heterocycles. The van der Waals surface area contributed by atoms with Crippen LogP contribution in [0.5, 0.6) is 0 Å². The summed E-state index contributed by atoms with van der Waals surface area (Å²) < 4.78 is 5.37. The van der Waals surface area contributed by atoms with Crippen LogP contribution in [0.3, 0.4) is 0 Å². The van der Waals surface area contributed by atoms with Crippen molar-refractivity contribution in [2.24, 2.45) is 5.92 Å². The van der Waals surface area contributed by atoms with Gasteiger partial charge in [-0.2, -0.15) is 0 Å². The second-order valence-electron chi connectivity index (χ2n) is 4.11. The lowest BCUT2D eigenvalue weighted by Gasteiger charge is -2.16. The molecule has 1 rings (SSSR count). The molecule has 1 N–H and O–H groups in total. The third kappa shape index (κ3) is 4.03. The molecule has 0 spiro atoms. The van der Waals surface area contributed by atoms with E-state index in [1.807, 2.05) is 44.2 Å². The Labute approximate surface area is 96.1 Å².